The standard InChI is InChI=1S/C23H23F2N5O3/c1-28-8-10-29(11-9-28)23-26-18-6-7-30(22(31)20-3-2-12-32-20)14-16(18)21(27-23)33-19-5-4-15(24)13-17(19)25/h2-5,12-13H,6-11,14H2,1H3. The number of benzene rings is 1. The second-order valence-corrected chi connectivity index (χ2v) is 8.18. The van der Waals surface area contributed by atoms with Crippen molar-refractivity contribution in [3.05, 3.63) is 65.2 Å². The average molecular weight is 455 g/mol. The van der Waals surface area contributed by atoms with Crippen LogP contribution < -0.4 is 9.64 Å². The van der Waals surface area contributed by atoms with Crippen LogP contribution in [0.15, 0.2) is 41.0 Å². The molecule has 10 heteroatoms. The number of carbonyl (C=O) groups is 1. The summed E-state index contributed by atoms with van der Waals surface area (Å²) in [4.78, 5) is 28.1. The van der Waals surface area contributed by atoms with Crippen LogP contribution in [0.3, 0.4) is 0 Å². The summed E-state index contributed by atoms with van der Waals surface area (Å²) >= 11 is 0. The monoisotopic (exact) mass is 455 g/mol. The summed E-state index contributed by atoms with van der Waals surface area (Å²) in [6.07, 6.45) is 1.94. The third-order valence-corrected chi connectivity index (χ3v) is 5.92. The third kappa shape index (κ3) is 4.38. The number of furan rings is 1. The molecule has 1 fully saturated rings. The van der Waals surface area contributed by atoms with Gasteiger partial charge >= 0.3 is 0 Å². The van der Waals surface area contributed by atoms with E-state index < -0.39 is 11.6 Å². The molecule has 0 atom stereocenters. The van der Waals surface area contributed by atoms with Gasteiger partial charge in [-0.25, -0.2) is 13.8 Å². The fraction of sp³-hybridized carbons (Fsp3) is 0.348. The largest absolute Gasteiger partial charge is 0.459 e. The molecule has 4 heterocycles. The van der Waals surface area contributed by atoms with E-state index in [1.165, 1.54) is 12.3 Å². The lowest BCUT2D eigenvalue weighted by Gasteiger charge is -2.34. The van der Waals surface area contributed by atoms with E-state index in [-0.39, 0.29) is 29.8 Å². The van der Waals surface area contributed by atoms with Gasteiger partial charge in [0.15, 0.2) is 17.3 Å². The van der Waals surface area contributed by atoms with Gasteiger partial charge in [0, 0.05) is 45.2 Å². The summed E-state index contributed by atoms with van der Waals surface area (Å²) < 4.78 is 38.8. The van der Waals surface area contributed by atoms with E-state index in [0.717, 1.165) is 44.0 Å². The van der Waals surface area contributed by atoms with Crippen LogP contribution in [-0.2, 0) is 13.0 Å². The smallest absolute Gasteiger partial charge is 0.289 e. The molecule has 0 bridgehead atoms. The first-order chi connectivity index (χ1) is 16.0. The summed E-state index contributed by atoms with van der Waals surface area (Å²) in [5.74, 6) is -1.02. The predicted molar refractivity (Wildman–Crippen MR) is 115 cm³/mol. The Hall–Kier alpha value is -3.53. The maximum Gasteiger partial charge on any atom is 0.289 e. The van der Waals surface area contributed by atoms with Crippen LogP contribution in [0.1, 0.15) is 21.8 Å². The molecule has 8 nitrogen and oxygen atoms in total. The summed E-state index contributed by atoms with van der Waals surface area (Å²) in [6, 6.07) is 6.37. The molecule has 33 heavy (non-hydrogen) atoms. The van der Waals surface area contributed by atoms with Crippen molar-refractivity contribution in [2.45, 2.75) is 13.0 Å². The number of piperazine rings is 1. The molecule has 0 aliphatic carbocycles. The first kappa shape index (κ1) is 21.3. The molecule has 2 aliphatic rings. The number of fused-ring (bicyclic) bond motifs is 1. The maximum absolute atomic E-state index is 14.4. The molecular formula is C23H23F2N5O3. The van der Waals surface area contributed by atoms with Crippen LogP contribution >= 0.6 is 0 Å². The van der Waals surface area contributed by atoms with Gasteiger partial charge in [-0.1, -0.05) is 0 Å². The van der Waals surface area contributed by atoms with Gasteiger partial charge < -0.3 is 23.9 Å². The molecule has 0 unspecified atom stereocenters. The predicted octanol–water partition coefficient (Wildman–Crippen LogP) is 3.09. The number of ether oxygens (including phenoxy) is 1. The number of rotatable bonds is 4. The van der Waals surface area contributed by atoms with E-state index >= 15 is 0 Å². The number of hydrogen-bond donors (Lipinski definition) is 0. The molecule has 172 valence electrons. The third-order valence-electron chi connectivity index (χ3n) is 5.92. The molecular weight excluding hydrogens is 432 g/mol. The molecule has 0 radical (unpaired) electrons. The lowest BCUT2D eigenvalue weighted by molar-refractivity contribution is 0.0699. The minimum Gasteiger partial charge on any atom is -0.459 e. The number of amides is 1. The zero-order valence-corrected chi connectivity index (χ0v) is 18.1. The van der Waals surface area contributed by atoms with Crippen molar-refractivity contribution in [2.75, 3.05) is 44.7 Å². The summed E-state index contributed by atoms with van der Waals surface area (Å²) in [7, 11) is 2.06. The van der Waals surface area contributed by atoms with Gasteiger partial charge in [0.1, 0.15) is 5.82 Å². The fourth-order valence-corrected chi connectivity index (χ4v) is 4.00. The van der Waals surface area contributed by atoms with Gasteiger partial charge in [-0.15, -0.1) is 0 Å². The number of hydrogen-bond acceptors (Lipinski definition) is 7. The van der Waals surface area contributed by atoms with E-state index in [9.17, 15) is 13.6 Å². The Kier molecular flexibility index (Phi) is 5.67. The zero-order valence-electron chi connectivity index (χ0n) is 18.1. The number of anilines is 1. The van der Waals surface area contributed by atoms with E-state index in [0.29, 0.717) is 24.5 Å². The highest BCUT2D eigenvalue weighted by atomic mass is 19.1. The molecule has 1 saturated heterocycles. The molecule has 0 spiro atoms. The Bertz CT molecular complexity index is 1160. The van der Waals surface area contributed by atoms with Crippen LogP contribution in [0.4, 0.5) is 14.7 Å². The highest BCUT2D eigenvalue weighted by Crippen LogP contribution is 2.33. The fourth-order valence-electron chi connectivity index (χ4n) is 4.00. The molecule has 0 N–H and O–H groups in total. The molecule has 0 saturated carbocycles. The first-order valence-corrected chi connectivity index (χ1v) is 10.8. The SMILES string of the molecule is CN1CCN(c2nc3c(c(Oc4ccc(F)cc4F)n2)CN(C(=O)c2ccco2)CC3)CC1. The Morgan fingerprint density at radius 3 is 2.64 bits per heavy atom. The zero-order chi connectivity index (χ0) is 22.9. The van der Waals surface area contributed by atoms with Gasteiger partial charge in [0.2, 0.25) is 11.8 Å². The quantitative estimate of drug-likeness (QED) is 0.599. The molecule has 3 aromatic rings. The number of likely N-dealkylation sites (N-methyl/N-ethyl adjacent to an activating group) is 1. The molecule has 2 aromatic heterocycles. The first-order valence-electron chi connectivity index (χ1n) is 10.8. The van der Waals surface area contributed by atoms with E-state index in [1.54, 1.807) is 17.0 Å². The van der Waals surface area contributed by atoms with Crippen molar-refractivity contribution < 1.29 is 22.7 Å². The topological polar surface area (TPSA) is 74.9 Å². The number of halogens is 2. The highest BCUT2D eigenvalue weighted by Gasteiger charge is 2.30. The van der Waals surface area contributed by atoms with E-state index in [2.05, 4.69) is 21.8 Å². The van der Waals surface area contributed by atoms with Crippen molar-refractivity contribution in [2.24, 2.45) is 0 Å². The summed E-state index contributed by atoms with van der Waals surface area (Å²) in [5.41, 5.74) is 1.35. The van der Waals surface area contributed by atoms with Crippen molar-refractivity contribution in [1.29, 1.82) is 0 Å². The normalized spacial score (nSPS) is 16.6. The van der Waals surface area contributed by atoms with Crippen LogP contribution in [0.2, 0.25) is 0 Å². The Balaban J connectivity index is 1.50. The Morgan fingerprint density at radius 1 is 1.09 bits per heavy atom. The molecule has 1 amide bonds. The van der Waals surface area contributed by atoms with Crippen molar-refractivity contribution in [3.8, 4) is 11.6 Å². The summed E-state index contributed by atoms with van der Waals surface area (Å²) in [5, 5.41) is 0. The van der Waals surface area contributed by atoms with Crippen LogP contribution in [0.25, 0.3) is 0 Å². The van der Waals surface area contributed by atoms with Crippen molar-refractivity contribution in [3.63, 3.8) is 0 Å². The molecule has 2 aliphatic heterocycles. The second-order valence-electron chi connectivity index (χ2n) is 8.18. The van der Waals surface area contributed by atoms with Crippen molar-refractivity contribution >= 4 is 11.9 Å². The van der Waals surface area contributed by atoms with Crippen LogP contribution in [0, 0.1) is 11.6 Å². The minimum atomic E-state index is -0.831. The van der Waals surface area contributed by atoms with E-state index in [4.69, 9.17) is 14.1 Å². The average Bonchev–Trinajstić information content (AvgIpc) is 3.35. The lowest BCUT2D eigenvalue weighted by atomic mass is 10.1. The highest BCUT2D eigenvalue weighted by molar-refractivity contribution is 5.91. The Labute approximate surface area is 189 Å². The maximum atomic E-state index is 14.4. The van der Waals surface area contributed by atoms with Crippen molar-refractivity contribution in [1.82, 2.24) is 19.8 Å². The van der Waals surface area contributed by atoms with E-state index in [1.807, 2.05) is 0 Å². The number of aromatic nitrogens is 2. The molecule has 5 rings (SSSR count). The molecule has 1 aromatic carbocycles. The van der Waals surface area contributed by atoms with Gasteiger partial charge in [-0.05, 0) is 31.3 Å². The lowest BCUT2D eigenvalue weighted by Crippen LogP contribution is -2.45. The summed E-state index contributed by atoms with van der Waals surface area (Å²) in [6.45, 7) is 3.89. The minimum absolute atomic E-state index is 0.142. The number of nitrogens with zero attached hydrogens (tertiary/aromatic N) is 5. The van der Waals surface area contributed by atoms with Crippen LogP contribution in [-0.4, -0.2) is 65.4 Å². The number of carbonyl (C=O) groups excluding carboxylic acids is 1. The Morgan fingerprint density at radius 2 is 1.91 bits per heavy atom. The van der Waals surface area contributed by atoms with Gasteiger partial charge in [-0.2, -0.15) is 4.98 Å². The van der Waals surface area contributed by atoms with Gasteiger partial charge in [0.05, 0.1) is 24.1 Å². The second kappa shape index (κ2) is 8.78. The van der Waals surface area contributed by atoms with Gasteiger partial charge in [-0.3, -0.25) is 4.79 Å². The van der Waals surface area contributed by atoms with Crippen LogP contribution in [0.5, 0.6) is 11.6 Å². The van der Waals surface area contributed by atoms with Gasteiger partial charge in [0.25, 0.3) is 5.91 Å².